The first kappa shape index (κ1) is 26.1. The van der Waals surface area contributed by atoms with Crippen molar-refractivity contribution >= 4 is 23.3 Å². The molecular formula is C30H34N2O5. The molecule has 7 nitrogen and oxygen atoms in total. The minimum absolute atomic E-state index is 0.118. The molecule has 0 spiro atoms. The number of nitrogens with one attached hydrogen (secondary N) is 1. The molecule has 0 aromatic heterocycles. The van der Waals surface area contributed by atoms with Crippen molar-refractivity contribution in [3.8, 4) is 11.5 Å². The fourth-order valence-electron chi connectivity index (χ4n) is 4.42. The van der Waals surface area contributed by atoms with Crippen LogP contribution < -0.4 is 19.7 Å². The first-order chi connectivity index (χ1) is 17.5. The SMILES string of the molecule is Cc1ccc(C(C)(C)C(=O)O)cc1NC(=O)c1ccc(OC[C@@H]2CN(C)c3ccccc3O2)c(C)c1C. The van der Waals surface area contributed by atoms with Crippen molar-refractivity contribution in [1.82, 2.24) is 0 Å². The summed E-state index contributed by atoms with van der Waals surface area (Å²) in [5, 5.41) is 12.5. The van der Waals surface area contributed by atoms with Crippen LogP contribution in [0.15, 0.2) is 54.6 Å². The van der Waals surface area contributed by atoms with Gasteiger partial charge >= 0.3 is 5.97 Å². The molecule has 1 amide bonds. The number of ether oxygens (including phenoxy) is 2. The summed E-state index contributed by atoms with van der Waals surface area (Å²) in [5.41, 5.74) is 4.30. The molecule has 7 heteroatoms. The van der Waals surface area contributed by atoms with Crippen LogP contribution in [0, 0.1) is 20.8 Å². The number of carboxylic acid groups (broad SMARTS) is 1. The lowest BCUT2D eigenvalue weighted by Gasteiger charge is -2.33. The molecular weight excluding hydrogens is 468 g/mol. The minimum atomic E-state index is -1.07. The quantitative estimate of drug-likeness (QED) is 0.443. The molecule has 3 aromatic carbocycles. The molecule has 37 heavy (non-hydrogen) atoms. The van der Waals surface area contributed by atoms with E-state index in [-0.39, 0.29) is 12.0 Å². The largest absolute Gasteiger partial charge is 0.489 e. The fourth-order valence-corrected chi connectivity index (χ4v) is 4.42. The van der Waals surface area contributed by atoms with Gasteiger partial charge in [-0.15, -0.1) is 0 Å². The summed E-state index contributed by atoms with van der Waals surface area (Å²) in [6, 6.07) is 16.9. The van der Waals surface area contributed by atoms with E-state index in [1.54, 1.807) is 32.0 Å². The summed E-state index contributed by atoms with van der Waals surface area (Å²) < 4.78 is 12.2. The van der Waals surface area contributed by atoms with Gasteiger partial charge in [0.2, 0.25) is 0 Å². The number of rotatable bonds is 7. The standard InChI is InChI=1S/C30H34N2O5/c1-18-11-12-21(30(4,5)29(34)35)15-24(18)31-28(33)23-13-14-26(20(3)19(23)2)36-17-22-16-32(6)25-9-7-8-10-27(25)37-22/h7-15,22H,16-17H2,1-6H3,(H,31,33)(H,34,35)/t22-/m0/s1. The van der Waals surface area contributed by atoms with E-state index in [1.165, 1.54) is 0 Å². The van der Waals surface area contributed by atoms with Crippen LogP contribution >= 0.6 is 0 Å². The molecule has 0 saturated carbocycles. The van der Waals surface area contributed by atoms with Crippen LogP contribution in [0.5, 0.6) is 11.5 Å². The Morgan fingerprint density at radius 2 is 1.81 bits per heavy atom. The Kier molecular flexibility index (Phi) is 7.16. The summed E-state index contributed by atoms with van der Waals surface area (Å²) in [5.74, 6) is 0.371. The fraction of sp³-hybridized carbons (Fsp3) is 0.333. The van der Waals surface area contributed by atoms with Gasteiger partial charge in [-0.1, -0.05) is 24.3 Å². The van der Waals surface area contributed by atoms with Gasteiger partial charge in [0.25, 0.3) is 5.91 Å². The van der Waals surface area contributed by atoms with E-state index in [9.17, 15) is 14.7 Å². The molecule has 0 radical (unpaired) electrons. The van der Waals surface area contributed by atoms with Gasteiger partial charge in [0.05, 0.1) is 17.6 Å². The van der Waals surface area contributed by atoms with Crippen molar-refractivity contribution < 1.29 is 24.2 Å². The molecule has 1 aliphatic rings. The Morgan fingerprint density at radius 3 is 2.54 bits per heavy atom. The van der Waals surface area contributed by atoms with Gasteiger partial charge in [0.1, 0.15) is 24.2 Å². The van der Waals surface area contributed by atoms with Crippen molar-refractivity contribution in [2.45, 2.75) is 46.1 Å². The Bertz CT molecular complexity index is 1350. The molecule has 0 bridgehead atoms. The van der Waals surface area contributed by atoms with E-state index >= 15 is 0 Å². The Balaban J connectivity index is 1.47. The first-order valence-corrected chi connectivity index (χ1v) is 12.3. The molecule has 194 valence electrons. The molecule has 1 aliphatic heterocycles. The maximum atomic E-state index is 13.2. The zero-order valence-corrected chi connectivity index (χ0v) is 22.2. The number of carbonyl (C=O) groups excluding carboxylic acids is 1. The molecule has 0 unspecified atom stereocenters. The number of carboxylic acids is 1. The van der Waals surface area contributed by atoms with Crippen molar-refractivity contribution in [3.05, 3.63) is 82.4 Å². The highest BCUT2D eigenvalue weighted by molar-refractivity contribution is 6.06. The number of benzene rings is 3. The number of aliphatic carboxylic acids is 1. The lowest BCUT2D eigenvalue weighted by Crippen LogP contribution is -2.41. The van der Waals surface area contributed by atoms with Gasteiger partial charge in [-0.25, -0.2) is 0 Å². The molecule has 1 atom stereocenters. The third kappa shape index (κ3) is 5.26. The number of nitrogens with zero attached hydrogens (tertiary/aromatic N) is 1. The average molecular weight is 503 g/mol. The summed E-state index contributed by atoms with van der Waals surface area (Å²) in [6.07, 6.45) is -0.118. The number of hydrogen-bond donors (Lipinski definition) is 2. The maximum absolute atomic E-state index is 13.2. The summed E-state index contributed by atoms with van der Waals surface area (Å²) in [4.78, 5) is 27.1. The predicted molar refractivity (Wildman–Crippen MR) is 145 cm³/mol. The van der Waals surface area contributed by atoms with Gasteiger partial charge in [0.15, 0.2) is 0 Å². The van der Waals surface area contributed by atoms with Crippen LogP contribution in [0.25, 0.3) is 0 Å². The highest BCUT2D eigenvalue weighted by atomic mass is 16.5. The lowest BCUT2D eigenvalue weighted by molar-refractivity contribution is -0.142. The van der Waals surface area contributed by atoms with Crippen LogP contribution in [-0.2, 0) is 10.2 Å². The van der Waals surface area contributed by atoms with Gasteiger partial charge in [-0.3, -0.25) is 9.59 Å². The second-order valence-electron chi connectivity index (χ2n) is 10.2. The number of anilines is 2. The lowest BCUT2D eigenvalue weighted by atomic mass is 9.84. The molecule has 4 rings (SSSR count). The zero-order chi connectivity index (χ0) is 26.9. The summed E-state index contributed by atoms with van der Waals surface area (Å²) in [6.45, 7) is 10.1. The van der Waals surface area contributed by atoms with Crippen molar-refractivity contribution in [1.29, 1.82) is 0 Å². The second-order valence-corrected chi connectivity index (χ2v) is 10.2. The number of hydrogen-bond acceptors (Lipinski definition) is 5. The second kappa shape index (κ2) is 10.2. The van der Waals surface area contributed by atoms with Gasteiger partial charge in [-0.2, -0.15) is 0 Å². The van der Waals surface area contributed by atoms with Crippen LogP contribution in [0.1, 0.15) is 46.5 Å². The van der Waals surface area contributed by atoms with E-state index in [4.69, 9.17) is 9.47 Å². The number of para-hydroxylation sites is 2. The Labute approximate surface area is 218 Å². The maximum Gasteiger partial charge on any atom is 0.313 e. The molecule has 0 aliphatic carbocycles. The predicted octanol–water partition coefficient (Wildman–Crippen LogP) is 5.50. The van der Waals surface area contributed by atoms with E-state index in [0.717, 1.165) is 28.1 Å². The van der Waals surface area contributed by atoms with E-state index in [2.05, 4.69) is 10.2 Å². The van der Waals surface area contributed by atoms with Crippen LogP contribution in [0.4, 0.5) is 11.4 Å². The number of aryl methyl sites for hydroxylation is 1. The van der Waals surface area contributed by atoms with E-state index in [1.807, 2.05) is 64.2 Å². The van der Waals surface area contributed by atoms with Crippen molar-refractivity contribution in [2.75, 3.05) is 30.4 Å². The minimum Gasteiger partial charge on any atom is -0.489 e. The topological polar surface area (TPSA) is 88.1 Å². The zero-order valence-electron chi connectivity index (χ0n) is 22.2. The molecule has 3 aromatic rings. The number of amides is 1. The molecule has 0 fully saturated rings. The Hall–Kier alpha value is -4.00. The smallest absolute Gasteiger partial charge is 0.313 e. The normalized spacial score (nSPS) is 15.0. The third-order valence-corrected chi connectivity index (χ3v) is 7.20. The third-order valence-electron chi connectivity index (χ3n) is 7.20. The average Bonchev–Trinajstić information content (AvgIpc) is 2.86. The highest BCUT2D eigenvalue weighted by Crippen LogP contribution is 2.33. The van der Waals surface area contributed by atoms with Crippen molar-refractivity contribution in [2.24, 2.45) is 0 Å². The van der Waals surface area contributed by atoms with Gasteiger partial charge in [0, 0.05) is 18.3 Å². The van der Waals surface area contributed by atoms with Crippen molar-refractivity contribution in [3.63, 3.8) is 0 Å². The van der Waals surface area contributed by atoms with Gasteiger partial charge < -0.3 is 24.8 Å². The number of carbonyl (C=O) groups is 2. The van der Waals surface area contributed by atoms with Crippen LogP contribution in [0.2, 0.25) is 0 Å². The molecule has 1 heterocycles. The monoisotopic (exact) mass is 502 g/mol. The van der Waals surface area contributed by atoms with E-state index in [0.29, 0.717) is 35.7 Å². The van der Waals surface area contributed by atoms with Gasteiger partial charge in [-0.05, 0) is 87.2 Å². The summed E-state index contributed by atoms with van der Waals surface area (Å²) in [7, 11) is 2.04. The molecule has 0 saturated heterocycles. The van der Waals surface area contributed by atoms with Crippen LogP contribution in [-0.4, -0.2) is 43.3 Å². The number of fused-ring (bicyclic) bond motifs is 1. The molecule has 2 N–H and O–H groups in total. The highest BCUT2D eigenvalue weighted by Gasteiger charge is 2.30. The Morgan fingerprint density at radius 1 is 1.08 bits per heavy atom. The number of likely N-dealkylation sites (N-methyl/N-ethyl adjacent to an activating group) is 1. The first-order valence-electron chi connectivity index (χ1n) is 12.3. The van der Waals surface area contributed by atoms with E-state index < -0.39 is 11.4 Å². The van der Waals surface area contributed by atoms with Crippen LogP contribution in [0.3, 0.4) is 0 Å². The summed E-state index contributed by atoms with van der Waals surface area (Å²) >= 11 is 0.